The molecule has 0 bridgehead atoms. The van der Waals surface area contributed by atoms with Crippen molar-refractivity contribution in [3.63, 3.8) is 0 Å². The summed E-state index contributed by atoms with van der Waals surface area (Å²) in [5, 5.41) is 7.70. The van der Waals surface area contributed by atoms with Crippen molar-refractivity contribution in [2.75, 3.05) is 19.8 Å². The summed E-state index contributed by atoms with van der Waals surface area (Å²) in [6, 6.07) is 3.56. The molecule has 0 aromatic heterocycles. The Kier molecular flexibility index (Phi) is 3.33. The minimum absolute atomic E-state index is 0.139. The van der Waals surface area contributed by atoms with E-state index in [-0.39, 0.29) is 5.90 Å². The Labute approximate surface area is 102 Å². The van der Waals surface area contributed by atoms with E-state index in [1.165, 1.54) is 0 Å². The van der Waals surface area contributed by atoms with E-state index in [1.54, 1.807) is 12.1 Å². The highest BCUT2D eigenvalue weighted by Gasteiger charge is 2.18. The van der Waals surface area contributed by atoms with Crippen molar-refractivity contribution in [1.82, 2.24) is 0 Å². The summed E-state index contributed by atoms with van der Waals surface area (Å²) in [6.45, 7) is 3.41. The summed E-state index contributed by atoms with van der Waals surface area (Å²) < 4.78 is 16.9. The molecule has 1 heterocycles. The Morgan fingerprint density at radius 3 is 2.94 bits per heavy atom. The lowest BCUT2D eigenvalue weighted by Gasteiger charge is -2.20. The van der Waals surface area contributed by atoms with Crippen LogP contribution in [-0.2, 0) is 4.74 Å². The molecule has 0 unspecified atom stereocenters. The Morgan fingerprint density at radius 2 is 2.19 bits per heavy atom. The van der Waals surface area contributed by atoms with Gasteiger partial charge in [-0.1, -0.05) is 0 Å². The molecule has 0 fully saturated rings. The number of ether oxygens (including phenoxy) is 3. The van der Waals surface area contributed by atoms with Crippen molar-refractivity contribution in [3.8, 4) is 11.5 Å². The topological polar surface area (TPSA) is 51.5 Å². The highest BCUT2D eigenvalue weighted by atomic mass is 79.9. The second-order valence-corrected chi connectivity index (χ2v) is 4.10. The zero-order chi connectivity index (χ0) is 11.5. The number of halogens is 1. The maximum atomic E-state index is 7.70. The molecule has 0 amide bonds. The minimum atomic E-state index is 0.139. The van der Waals surface area contributed by atoms with E-state index >= 15 is 0 Å². The van der Waals surface area contributed by atoms with Crippen LogP contribution in [0.3, 0.4) is 0 Å². The molecular weight excluding hydrogens is 274 g/mol. The molecule has 1 aliphatic heterocycles. The number of benzene rings is 1. The zero-order valence-electron chi connectivity index (χ0n) is 8.88. The molecule has 0 atom stereocenters. The first-order valence-electron chi connectivity index (χ1n) is 5.03. The second kappa shape index (κ2) is 4.74. The van der Waals surface area contributed by atoms with Crippen molar-refractivity contribution in [3.05, 3.63) is 22.2 Å². The number of rotatable bonds is 2. The van der Waals surface area contributed by atoms with Gasteiger partial charge in [0.15, 0.2) is 11.5 Å². The number of hydrogen-bond acceptors (Lipinski definition) is 4. The molecule has 1 aliphatic rings. The monoisotopic (exact) mass is 285 g/mol. The van der Waals surface area contributed by atoms with Gasteiger partial charge in [0, 0.05) is 5.56 Å². The van der Waals surface area contributed by atoms with Crippen LogP contribution in [0.2, 0.25) is 0 Å². The van der Waals surface area contributed by atoms with Crippen LogP contribution in [-0.4, -0.2) is 25.7 Å². The van der Waals surface area contributed by atoms with Gasteiger partial charge in [-0.15, -0.1) is 0 Å². The van der Waals surface area contributed by atoms with E-state index in [9.17, 15) is 0 Å². The van der Waals surface area contributed by atoms with Crippen LogP contribution in [0.4, 0.5) is 0 Å². The predicted molar refractivity (Wildman–Crippen MR) is 63.6 cm³/mol. The van der Waals surface area contributed by atoms with Gasteiger partial charge in [0.05, 0.1) is 11.1 Å². The third-order valence-electron chi connectivity index (χ3n) is 2.15. The van der Waals surface area contributed by atoms with Gasteiger partial charge in [-0.25, -0.2) is 0 Å². The molecular formula is C11H12BrNO3. The SMILES string of the molecule is CCOC(=N)c1cc(Br)c2c(c1)OCCO2. The van der Waals surface area contributed by atoms with E-state index in [4.69, 9.17) is 19.6 Å². The van der Waals surface area contributed by atoms with E-state index in [0.717, 1.165) is 4.47 Å². The van der Waals surface area contributed by atoms with Crippen LogP contribution in [0, 0.1) is 5.41 Å². The van der Waals surface area contributed by atoms with Crippen molar-refractivity contribution in [2.45, 2.75) is 6.92 Å². The standard InChI is InChI=1S/C11H12BrNO3/c1-2-14-11(13)7-5-8(12)10-9(6-7)15-3-4-16-10/h5-6,13H,2-4H2,1H3. The van der Waals surface area contributed by atoms with Gasteiger partial charge in [0.25, 0.3) is 0 Å². The highest BCUT2D eigenvalue weighted by Crippen LogP contribution is 2.38. The fraction of sp³-hybridized carbons (Fsp3) is 0.364. The summed E-state index contributed by atoms with van der Waals surface area (Å²) in [4.78, 5) is 0. The van der Waals surface area contributed by atoms with Gasteiger partial charge in [-0.3, -0.25) is 5.41 Å². The Morgan fingerprint density at radius 1 is 1.44 bits per heavy atom. The molecule has 2 rings (SSSR count). The number of nitrogens with one attached hydrogen (secondary N) is 1. The van der Waals surface area contributed by atoms with Crippen LogP contribution < -0.4 is 9.47 Å². The third kappa shape index (κ3) is 2.14. The van der Waals surface area contributed by atoms with Crippen molar-refractivity contribution < 1.29 is 14.2 Å². The van der Waals surface area contributed by atoms with Gasteiger partial charge in [0.1, 0.15) is 13.2 Å². The summed E-state index contributed by atoms with van der Waals surface area (Å²) in [7, 11) is 0. The van der Waals surface area contributed by atoms with Crippen LogP contribution in [0.5, 0.6) is 11.5 Å². The summed E-state index contributed by atoms with van der Waals surface area (Å²) in [5.74, 6) is 1.49. The lowest BCUT2D eigenvalue weighted by Crippen LogP contribution is -2.16. The largest absolute Gasteiger partial charge is 0.486 e. The molecule has 5 heteroatoms. The van der Waals surface area contributed by atoms with Crippen molar-refractivity contribution in [2.24, 2.45) is 0 Å². The van der Waals surface area contributed by atoms with Crippen LogP contribution >= 0.6 is 15.9 Å². The number of hydrogen-bond donors (Lipinski definition) is 1. The molecule has 0 radical (unpaired) electrons. The molecule has 1 aromatic carbocycles. The van der Waals surface area contributed by atoms with E-state index in [0.29, 0.717) is 36.9 Å². The molecule has 1 aromatic rings. The van der Waals surface area contributed by atoms with E-state index < -0.39 is 0 Å². The second-order valence-electron chi connectivity index (χ2n) is 3.24. The lowest BCUT2D eigenvalue weighted by atomic mass is 10.2. The summed E-state index contributed by atoms with van der Waals surface area (Å²) in [6.07, 6.45) is 0. The van der Waals surface area contributed by atoms with Gasteiger partial charge in [0.2, 0.25) is 5.90 Å². The van der Waals surface area contributed by atoms with E-state index in [2.05, 4.69) is 15.9 Å². The Balaban J connectivity index is 2.35. The average molecular weight is 286 g/mol. The molecule has 0 saturated carbocycles. The normalized spacial score (nSPS) is 13.4. The van der Waals surface area contributed by atoms with Gasteiger partial charge < -0.3 is 14.2 Å². The number of fused-ring (bicyclic) bond motifs is 1. The van der Waals surface area contributed by atoms with E-state index in [1.807, 2.05) is 6.92 Å². The Hall–Kier alpha value is -1.23. The van der Waals surface area contributed by atoms with Gasteiger partial charge in [-0.2, -0.15) is 0 Å². The summed E-state index contributed by atoms with van der Waals surface area (Å²) in [5.41, 5.74) is 0.679. The zero-order valence-corrected chi connectivity index (χ0v) is 10.5. The smallest absolute Gasteiger partial charge is 0.213 e. The third-order valence-corrected chi connectivity index (χ3v) is 2.74. The van der Waals surface area contributed by atoms with Crippen LogP contribution in [0.25, 0.3) is 0 Å². The fourth-order valence-electron chi connectivity index (χ4n) is 1.47. The maximum absolute atomic E-state index is 7.70. The van der Waals surface area contributed by atoms with Crippen molar-refractivity contribution in [1.29, 1.82) is 5.41 Å². The lowest BCUT2D eigenvalue weighted by molar-refractivity contribution is 0.170. The first kappa shape index (κ1) is 11.3. The minimum Gasteiger partial charge on any atom is -0.486 e. The molecule has 0 aliphatic carbocycles. The van der Waals surface area contributed by atoms with Crippen molar-refractivity contribution >= 4 is 21.8 Å². The first-order valence-corrected chi connectivity index (χ1v) is 5.82. The predicted octanol–water partition coefficient (Wildman–Crippen LogP) is 2.58. The maximum Gasteiger partial charge on any atom is 0.213 e. The fourth-order valence-corrected chi connectivity index (χ4v) is 2.03. The molecule has 1 N–H and O–H groups in total. The van der Waals surface area contributed by atoms with Gasteiger partial charge in [-0.05, 0) is 35.0 Å². The highest BCUT2D eigenvalue weighted by molar-refractivity contribution is 9.10. The molecule has 86 valence electrons. The quantitative estimate of drug-likeness (QED) is 0.671. The molecule has 16 heavy (non-hydrogen) atoms. The van der Waals surface area contributed by atoms with Gasteiger partial charge >= 0.3 is 0 Å². The van der Waals surface area contributed by atoms with Crippen LogP contribution in [0.15, 0.2) is 16.6 Å². The molecule has 0 saturated heterocycles. The molecule has 0 spiro atoms. The average Bonchev–Trinajstić information content (AvgIpc) is 2.29. The van der Waals surface area contributed by atoms with Crippen LogP contribution in [0.1, 0.15) is 12.5 Å². The first-order chi connectivity index (χ1) is 7.72. The Bertz CT molecular complexity index is 420. The summed E-state index contributed by atoms with van der Waals surface area (Å²) >= 11 is 3.40. The molecule has 4 nitrogen and oxygen atoms in total.